The molecule has 1 amide bonds. The summed E-state index contributed by atoms with van der Waals surface area (Å²) in [5.74, 6) is 1.08. The highest BCUT2D eigenvalue weighted by Crippen LogP contribution is 2.15. The minimum absolute atomic E-state index is 0.185. The van der Waals surface area contributed by atoms with E-state index in [-0.39, 0.29) is 11.9 Å². The summed E-state index contributed by atoms with van der Waals surface area (Å²) in [5.41, 5.74) is 1.25. The molecule has 0 saturated carbocycles. The van der Waals surface area contributed by atoms with Gasteiger partial charge in [0.05, 0.1) is 7.11 Å². The summed E-state index contributed by atoms with van der Waals surface area (Å²) < 4.78 is 5.24. The Bertz CT molecular complexity index is 509. The summed E-state index contributed by atoms with van der Waals surface area (Å²) >= 11 is 0. The maximum Gasteiger partial charge on any atom is 0.220 e. The summed E-state index contributed by atoms with van der Waals surface area (Å²) in [6, 6.07) is 8.39. The monoisotopic (exact) mass is 360 g/mol. The highest BCUT2D eigenvalue weighted by molar-refractivity contribution is 5.76. The number of unbranched alkanes of at least 4 members (excludes halogenated alkanes) is 4. The highest BCUT2D eigenvalue weighted by atomic mass is 16.5. The number of carbonyl (C=O) groups is 1. The zero-order chi connectivity index (χ0) is 18.6. The Morgan fingerprint density at radius 2 is 1.81 bits per heavy atom. The molecule has 4 nitrogen and oxygen atoms in total. The number of carbonyl (C=O) groups excluding carboxylic acids is 1. The molecule has 2 rings (SSSR count). The number of hydrogen-bond acceptors (Lipinski definition) is 3. The van der Waals surface area contributed by atoms with Gasteiger partial charge in [-0.3, -0.25) is 4.79 Å². The van der Waals surface area contributed by atoms with Crippen LogP contribution >= 0.6 is 0 Å². The lowest BCUT2D eigenvalue weighted by atomic mass is 10.0. The van der Waals surface area contributed by atoms with Gasteiger partial charge in [0, 0.05) is 19.0 Å². The number of ether oxygens (including phenoxy) is 1. The molecule has 1 heterocycles. The largest absolute Gasteiger partial charge is 0.497 e. The van der Waals surface area contributed by atoms with Gasteiger partial charge in [-0.2, -0.15) is 0 Å². The van der Waals surface area contributed by atoms with E-state index in [0.29, 0.717) is 6.42 Å². The Hall–Kier alpha value is -1.55. The fourth-order valence-electron chi connectivity index (χ4n) is 3.67. The molecule has 1 aromatic rings. The summed E-state index contributed by atoms with van der Waals surface area (Å²) in [6.07, 6.45) is 10.0. The first-order valence-electron chi connectivity index (χ1n) is 10.4. The van der Waals surface area contributed by atoms with Gasteiger partial charge in [0.2, 0.25) is 5.91 Å². The van der Waals surface area contributed by atoms with Crippen LogP contribution in [0.3, 0.4) is 0 Å². The van der Waals surface area contributed by atoms with Crippen molar-refractivity contribution in [1.29, 1.82) is 0 Å². The minimum atomic E-state index is 0.185. The molecule has 4 heteroatoms. The van der Waals surface area contributed by atoms with Crippen molar-refractivity contribution in [2.24, 2.45) is 0 Å². The van der Waals surface area contributed by atoms with Crippen LogP contribution in [0.2, 0.25) is 0 Å². The van der Waals surface area contributed by atoms with Crippen molar-refractivity contribution in [3.63, 3.8) is 0 Å². The van der Waals surface area contributed by atoms with Gasteiger partial charge in [-0.1, -0.05) is 44.7 Å². The smallest absolute Gasteiger partial charge is 0.220 e. The van der Waals surface area contributed by atoms with Crippen LogP contribution in [0.15, 0.2) is 24.3 Å². The molecule has 0 aromatic heterocycles. The average Bonchev–Trinajstić information content (AvgIpc) is 3.15. The molecule has 0 spiro atoms. The van der Waals surface area contributed by atoms with Crippen molar-refractivity contribution in [3.05, 3.63) is 29.8 Å². The van der Waals surface area contributed by atoms with Gasteiger partial charge in [0.25, 0.3) is 0 Å². The van der Waals surface area contributed by atoms with Crippen LogP contribution in [0.5, 0.6) is 5.75 Å². The normalized spacial score (nSPS) is 15.8. The molecule has 1 aromatic carbocycles. The van der Waals surface area contributed by atoms with Crippen LogP contribution < -0.4 is 10.1 Å². The fraction of sp³-hybridized carbons (Fsp3) is 0.682. The second-order valence-electron chi connectivity index (χ2n) is 7.49. The van der Waals surface area contributed by atoms with Crippen molar-refractivity contribution < 1.29 is 9.53 Å². The molecule has 1 unspecified atom stereocenters. The lowest BCUT2D eigenvalue weighted by Gasteiger charge is -2.25. The predicted octanol–water partition coefficient (Wildman–Crippen LogP) is 4.18. The third-order valence-electron chi connectivity index (χ3n) is 5.19. The number of likely N-dealkylation sites (tertiary alicyclic amines) is 1. The zero-order valence-corrected chi connectivity index (χ0v) is 16.6. The Balaban J connectivity index is 1.84. The zero-order valence-electron chi connectivity index (χ0n) is 16.6. The van der Waals surface area contributed by atoms with Gasteiger partial charge >= 0.3 is 0 Å². The lowest BCUT2D eigenvalue weighted by molar-refractivity contribution is -0.122. The first-order valence-corrected chi connectivity index (χ1v) is 10.4. The molecule has 0 aliphatic carbocycles. The van der Waals surface area contributed by atoms with E-state index in [1.165, 1.54) is 37.7 Å². The van der Waals surface area contributed by atoms with Crippen LogP contribution in [0.4, 0.5) is 0 Å². The average molecular weight is 361 g/mol. The van der Waals surface area contributed by atoms with E-state index in [2.05, 4.69) is 29.3 Å². The molecule has 1 saturated heterocycles. The van der Waals surface area contributed by atoms with Crippen LogP contribution in [0.25, 0.3) is 0 Å². The van der Waals surface area contributed by atoms with Gasteiger partial charge in [0.15, 0.2) is 0 Å². The Kier molecular flexibility index (Phi) is 9.54. The van der Waals surface area contributed by atoms with Gasteiger partial charge in [0.1, 0.15) is 5.75 Å². The van der Waals surface area contributed by atoms with Crippen LogP contribution in [-0.4, -0.2) is 43.6 Å². The maximum atomic E-state index is 12.4. The quantitative estimate of drug-likeness (QED) is 0.569. The molecular weight excluding hydrogens is 324 g/mol. The van der Waals surface area contributed by atoms with Crippen LogP contribution in [-0.2, 0) is 11.2 Å². The number of methoxy groups -OCH3 is 1. The molecular formula is C22H36N2O2. The second-order valence-corrected chi connectivity index (χ2v) is 7.49. The van der Waals surface area contributed by atoms with Gasteiger partial charge < -0.3 is 15.0 Å². The van der Waals surface area contributed by atoms with E-state index >= 15 is 0 Å². The standard InChI is InChI=1S/C22H36N2O2/c1-3-4-5-6-7-10-22(25)23-20(18-24-15-8-9-16-24)17-19-11-13-21(26-2)14-12-19/h11-14,20H,3-10,15-18H2,1-2H3,(H,23,25). The molecule has 1 aliphatic rings. The van der Waals surface area contributed by atoms with Crippen molar-refractivity contribution in [3.8, 4) is 5.75 Å². The van der Waals surface area contributed by atoms with Crippen LogP contribution in [0.1, 0.15) is 63.9 Å². The lowest BCUT2D eigenvalue weighted by Crippen LogP contribution is -2.44. The Labute approximate surface area is 159 Å². The Morgan fingerprint density at radius 3 is 2.46 bits per heavy atom. The first-order chi connectivity index (χ1) is 12.7. The highest BCUT2D eigenvalue weighted by Gasteiger charge is 2.19. The van der Waals surface area contributed by atoms with E-state index in [1.807, 2.05) is 12.1 Å². The van der Waals surface area contributed by atoms with E-state index in [0.717, 1.165) is 44.6 Å². The summed E-state index contributed by atoms with van der Waals surface area (Å²) in [6.45, 7) is 5.49. The number of amides is 1. The number of benzene rings is 1. The molecule has 146 valence electrons. The third-order valence-corrected chi connectivity index (χ3v) is 5.19. The first kappa shape index (κ1) is 20.8. The fourth-order valence-corrected chi connectivity index (χ4v) is 3.67. The van der Waals surface area contributed by atoms with Gasteiger partial charge in [-0.25, -0.2) is 0 Å². The van der Waals surface area contributed by atoms with E-state index < -0.39 is 0 Å². The maximum absolute atomic E-state index is 12.4. The molecule has 1 aliphatic heterocycles. The summed E-state index contributed by atoms with van der Waals surface area (Å²) in [7, 11) is 1.69. The van der Waals surface area contributed by atoms with Crippen molar-refractivity contribution in [1.82, 2.24) is 10.2 Å². The molecule has 0 radical (unpaired) electrons. The van der Waals surface area contributed by atoms with E-state index in [9.17, 15) is 4.79 Å². The van der Waals surface area contributed by atoms with Crippen molar-refractivity contribution >= 4 is 5.91 Å². The van der Waals surface area contributed by atoms with Crippen molar-refractivity contribution in [2.45, 2.75) is 70.8 Å². The van der Waals surface area contributed by atoms with Gasteiger partial charge in [-0.15, -0.1) is 0 Å². The van der Waals surface area contributed by atoms with Crippen molar-refractivity contribution in [2.75, 3.05) is 26.7 Å². The topological polar surface area (TPSA) is 41.6 Å². The number of rotatable bonds is 12. The molecule has 26 heavy (non-hydrogen) atoms. The van der Waals surface area contributed by atoms with E-state index in [4.69, 9.17) is 4.74 Å². The molecule has 0 bridgehead atoms. The summed E-state index contributed by atoms with van der Waals surface area (Å²) in [4.78, 5) is 14.9. The molecule has 1 fully saturated rings. The molecule has 1 N–H and O–H groups in total. The Morgan fingerprint density at radius 1 is 1.12 bits per heavy atom. The number of nitrogens with one attached hydrogen (secondary N) is 1. The molecule has 1 atom stereocenters. The van der Waals surface area contributed by atoms with Crippen LogP contribution in [0, 0.1) is 0 Å². The number of nitrogens with zero attached hydrogens (tertiary/aromatic N) is 1. The SMILES string of the molecule is CCCCCCCC(=O)NC(Cc1ccc(OC)cc1)CN1CCCC1. The predicted molar refractivity (Wildman–Crippen MR) is 108 cm³/mol. The van der Waals surface area contributed by atoms with E-state index in [1.54, 1.807) is 7.11 Å². The summed E-state index contributed by atoms with van der Waals surface area (Å²) in [5, 5.41) is 3.30. The third kappa shape index (κ3) is 7.77. The van der Waals surface area contributed by atoms with Gasteiger partial charge in [-0.05, 0) is 56.5 Å². The number of hydrogen-bond donors (Lipinski definition) is 1. The minimum Gasteiger partial charge on any atom is -0.497 e. The second kappa shape index (κ2) is 11.9.